The minimum atomic E-state index is -2.96. The van der Waals surface area contributed by atoms with Gasteiger partial charge in [0.25, 0.3) is 5.69 Å². The van der Waals surface area contributed by atoms with E-state index in [0.717, 1.165) is 0 Å². The highest BCUT2D eigenvalue weighted by molar-refractivity contribution is 7.91. The van der Waals surface area contributed by atoms with Crippen LogP contribution in [0.3, 0.4) is 0 Å². The number of sulfone groups is 1. The average Bonchev–Trinajstić information content (AvgIpc) is 2.83. The molecule has 0 aromatic heterocycles. The van der Waals surface area contributed by atoms with Gasteiger partial charge < -0.3 is 10.1 Å². The molecule has 0 spiro atoms. The Bertz CT molecular complexity index is 671. The van der Waals surface area contributed by atoms with Crippen LogP contribution in [0.5, 0.6) is 5.75 Å². The predicted octanol–water partition coefficient (Wildman–Crippen LogP) is 0.915. The minimum absolute atomic E-state index is 0.0165. The molecule has 1 aromatic rings. The van der Waals surface area contributed by atoms with Gasteiger partial charge in [0.05, 0.1) is 23.0 Å². The highest BCUT2D eigenvalue weighted by atomic mass is 32.2. The Morgan fingerprint density at radius 2 is 2.04 bits per heavy atom. The summed E-state index contributed by atoms with van der Waals surface area (Å²) in [5.41, 5.74) is -0.0165. The maximum atomic E-state index is 11.7. The zero-order chi connectivity index (χ0) is 16.9. The van der Waals surface area contributed by atoms with E-state index >= 15 is 0 Å². The van der Waals surface area contributed by atoms with Gasteiger partial charge in [-0.3, -0.25) is 14.9 Å². The largest absolute Gasteiger partial charge is 0.492 e. The van der Waals surface area contributed by atoms with Crippen LogP contribution in [0.15, 0.2) is 24.3 Å². The Morgan fingerprint density at radius 3 is 2.61 bits per heavy atom. The maximum absolute atomic E-state index is 11.7. The number of hydrogen-bond acceptors (Lipinski definition) is 6. The van der Waals surface area contributed by atoms with Crippen molar-refractivity contribution in [1.82, 2.24) is 5.32 Å². The molecule has 8 nitrogen and oxygen atoms in total. The molecule has 2 rings (SSSR count). The van der Waals surface area contributed by atoms with Crippen LogP contribution in [-0.4, -0.2) is 43.9 Å². The molecule has 9 heteroatoms. The van der Waals surface area contributed by atoms with Gasteiger partial charge in [-0.1, -0.05) is 0 Å². The first kappa shape index (κ1) is 17.2. The first-order valence-corrected chi connectivity index (χ1v) is 9.02. The average molecular weight is 342 g/mol. The van der Waals surface area contributed by atoms with Crippen LogP contribution in [0.4, 0.5) is 5.69 Å². The van der Waals surface area contributed by atoms with E-state index in [1.54, 1.807) is 0 Å². The minimum Gasteiger partial charge on any atom is -0.492 e. The number of non-ortho nitro benzene ring substituents is 1. The number of ether oxygens (including phenoxy) is 1. The first-order chi connectivity index (χ1) is 10.9. The SMILES string of the molecule is O=C(C[C@H]1CCS(=O)(=O)C1)NCCOc1ccc([N+](=O)[O-])cc1. The number of rotatable bonds is 7. The second-order valence-electron chi connectivity index (χ2n) is 5.42. The van der Waals surface area contributed by atoms with Crippen molar-refractivity contribution in [3.63, 3.8) is 0 Å². The smallest absolute Gasteiger partial charge is 0.269 e. The monoisotopic (exact) mass is 342 g/mol. The molecule has 1 N–H and O–H groups in total. The van der Waals surface area contributed by atoms with Gasteiger partial charge in [-0.25, -0.2) is 8.42 Å². The van der Waals surface area contributed by atoms with E-state index < -0.39 is 14.8 Å². The van der Waals surface area contributed by atoms with Crippen molar-refractivity contribution in [2.45, 2.75) is 12.8 Å². The number of hydrogen-bond donors (Lipinski definition) is 1. The summed E-state index contributed by atoms with van der Waals surface area (Å²) >= 11 is 0. The van der Waals surface area contributed by atoms with E-state index in [0.29, 0.717) is 12.2 Å². The lowest BCUT2D eigenvalue weighted by atomic mass is 10.1. The Morgan fingerprint density at radius 1 is 1.35 bits per heavy atom. The number of nitro benzene ring substituents is 1. The molecule has 1 aromatic carbocycles. The zero-order valence-electron chi connectivity index (χ0n) is 12.4. The van der Waals surface area contributed by atoms with Crippen molar-refractivity contribution in [3.8, 4) is 5.75 Å². The molecule has 126 valence electrons. The summed E-state index contributed by atoms with van der Waals surface area (Å²) in [5.74, 6) is 0.426. The molecule has 1 heterocycles. The van der Waals surface area contributed by atoms with E-state index in [2.05, 4.69) is 5.32 Å². The fourth-order valence-electron chi connectivity index (χ4n) is 2.39. The summed E-state index contributed by atoms with van der Waals surface area (Å²) in [6.07, 6.45) is 0.742. The Balaban J connectivity index is 1.65. The van der Waals surface area contributed by atoms with Crippen molar-refractivity contribution in [2.24, 2.45) is 5.92 Å². The van der Waals surface area contributed by atoms with Crippen LogP contribution in [0.2, 0.25) is 0 Å². The molecule has 0 radical (unpaired) electrons. The van der Waals surface area contributed by atoms with Gasteiger partial charge in [-0.2, -0.15) is 0 Å². The maximum Gasteiger partial charge on any atom is 0.269 e. The zero-order valence-corrected chi connectivity index (χ0v) is 13.3. The normalized spacial score (nSPS) is 19.2. The summed E-state index contributed by atoms with van der Waals surface area (Å²) in [7, 11) is -2.96. The third-order valence-electron chi connectivity index (χ3n) is 3.54. The van der Waals surface area contributed by atoms with E-state index in [1.165, 1.54) is 24.3 Å². The molecule has 1 fully saturated rings. The van der Waals surface area contributed by atoms with Crippen molar-refractivity contribution in [2.75, 3.05) is 24.7 Å². The fraction of sp³-hybridized carbons (Fsp3) is 0.500. The molecule has 1 aliphatic heterocycles. The van der Waals surface area contributed by atoms with E-state index in [9.17, 15) is 23.3 Å². The van der Waals surface area contributed by atoms with Crippen LogP contribution < -0.4 is 10.1 Å². The summed E-state index contributed by atoms with van der Waals surface area (Å²) in [6, 6.07) is 5.66. The topological polar surface area (TPSA) is 116 Å². The molecular formula is C14H18N2O6S. The number of carbonyl (C=O) groups excluding carboxylic acids is 1. The van der Waals surface area contributed by atoms with Gasteiger partial charge in [0.15, 0.2) is 9.84 Å². The number of nitrogens with zero attached hydrogens (tertiary/aromatic N) is 1. The van der Waals surface area contributed by atoms with Gasteiger partial charge in [0.1, 0.15) is 12.4 Å². The van der Waals surface area contributed by atoms with Crippen LogP contribution in [0.1, 0.15) is 12.8 Å². The first-order valence-electron chi connectivity index (χ1n) is 7.20. The summed E-state index contributed by atoms with van der Waals surface area (Å²) in [5, 5.41) is 13.2. The van der Waals surface area contributed by atoms with E-state index in [4.69, 9.17) is 4.74 Å². The lowest BCUT2D eigenvalue weighted by molar-refractivity contribution is -0.384. The second-order valence-corrected chi connectivity index (χ2v) is 7.65. The van der Waals surface area contributed by atoms with Gasteiger partial charge in [0, 0.05) is 18.6 Å². The molecule has 1 aliphatic rings. The molecule has 0 aliphatic carbocycles. The highest BCUT2D eigenvalue weighted by Crippen LogP contribution is 2.21. The van der Waals surface area contributed by atoms with Gasteiger partial charge >= 0.3 is 0 Å². The van der Waals surface area contributed by atoms with E-state index in [-0.39, 0.29) is 48.6 Å². The predicted molar refractivity (Wildman–Crippen MR) is 83.0 cm³/mol. The standard InChI is InChI=1S/C14H18N2O6S/c17-14(9-11-5-8-23(20,21)10-11)15-6-7-22-13-3-1-12(2-4-13)16(18)19/h1-4,11H,5-10H2,(H,15,17)/t11-/m1/s1. The molecule has 1 atom stereocenters. The Hall–Kier alpha value is -2.16. The molecular weight excluding hydrogens is 324 g/mol. The van der Waals surface area contributed by atoms with Gasteiger partial charge in [0.2, 0.25) is 5.91 Å². The van der Waals surface area contributed by atoms with Crippen LogP contribution in [-0.2, 0) is 14.6 Å². The van der Waals surface area contributed by atoms with Crippen molar-refractivity contribution >= 4 is 21.4 Å². The molecule has 0 saturated carbocycles. The Kier molecular flexibility index (Phi) is 5.54. The molecule has 1 amide bonds. The van der Waals surface area contributed by atoms with E-state index in [1.807, 2.05) is 0 Å². The number of nitrogens with one attached hydrogen (secondary N) is 1. The van der Waals surface area contributed by atoms with Gasteiger partial charge in [-0.15, -0.1) is 0 Å². The van der Waals surface area contributed by atoms with Crippen LogP contribution >= 0.6 is 0 Å². The number of amides is 1. The number of nitro groups is 1. The molecule has 23 heavy (non-hydrogen) atoms. The molecule has 1 saturated heterocycles. The number of benzene rings is 1. The van der Waals surface area contributed by atoms with Crippen molar-refractivity contribution in [1.29, 1.82) is 0 Å². The third-order valence-corrected chi connectivity index (χ3v) is 5.38. The van der Waals surface area contributed by atoms with Crippen LogP contribution in [0.25, 0.3) is 0 Å². The molecule has 0 bridgehead atoms. The Labute approximate surface area is 133 Å². The highest BCUT2D eigenvalue weighted by Gasteiger charge is 2.29. The summed E-state index contributed by atoms with van der Waals surface area (Å²) in [4.78, 5) is 21.7. The third kappa shape index (κ3) is 5.51. The molecule has 0 unspecified atom stereocenters. The summed E-state index contributed by atoms with van der Waals surface area (Å²) < 4.78 is 28.0. The van der Waals surface area contributed by atoms with Crippen molar-refractivity contribution in [3.05, 3.63) is 34.4 Å². The van der Waals surface area contributed by atoms with Gasteiger partial charge in [-0.05, 0) is 24.5 Å². The summed E-state index contributed by atoms with van der Waals surface area (Å²) in [6.45, 7) is 0.516. The number of carbonyl (C=O) groups is 1. The second kappa shape index (κ2) is 7.40. The fourth-order valence-corrected chi connectivity index (χ4v) is 4.25. The lowest BCUT2D eigenvalue weighted by Gasteiger charge is -2.09. The van der Waals surface area contributed by atoms with Crippen molar-refractivity contribution < 1.29 is 22.9 Å². The van der Waals surface area contributed by atoms with Crippen LogP contribution in [0, 0.1) is 16.0 Å². The lowest BCUT2D eigenvalue weighted by Crippen LogP contribution is -2.29. The quantitative estimate of drug-likeness (QED) is 0.447.